The van der Waals surface area contributed by atoms with Gasteiger partial charge < -0.3 is 5.32 Å². The summed E-state index contributed by atoms with van der Waals surface area (Å²) < 4.78 is 0. The Balaban J connectivity index is 2.37. The van der Waals surface area contributed by atoms with Crippen molar-refractivity contribution < 1.29 is 4.79 Å². The highest BCUT2D eigenvalue weighted by molar-refractivity contribution is 5.78. The van der Waals surface area contributed by atoms with Crippen LogP contribution in [0, 0.1) is 17.3 Å². The Morgan fingerprint density at radius 3 is 2.59 bits per heavy atom. The lowest BCUT2D eigenvalue weighted by atomic mass is 9.82. The lowest BCUT2D eigenvalue weighted by Crippen LogP contribution is -2.37. The van der Waals surface area contributed by atoms with Crippen LogP contribution in [0.5, 0.6) is 0 Å². The summed E-state index contributed by atoms with van der Waals surface area (Å²) in [6.07, 6.45) is 6.99. The molecule has 1 saturated carbocycles. The Kier molecular flexibility index (Phi) is 5.48. The summed E-state index contributed by atoms with van der Waals surface area (Å²) in [5, 5.41) is 3.18. The van der Waals surface area contributed by atoms with E-state index in [-0.39, 0.29) is 11.8 Å². The predicted molar refractivity (Wildman–Crippen MR) is 72.8 cm³/mol. The second-order valence-corrected chi connectivity index (χ2v) is 6.22. The van der Waals surface area contributed by atoms with Gasteiger partial charge in [-0.2, -0.15) is 0 Å². The molecule has 1 N–H and O–H groups in total. The van der Waals surface area contributed by atoms with Crippen molar-refractivity contribution >= 4 is 5.91 Å². The first-order chi connectivity index (χ1) is 8.01. The summed E-state index contributed by atoms with van der Waals surface area (Å²) in [5.74, 6) is 1.17. The molecule has 0 aromatic heterocycles. The van der Waals surface area contributed by atoms with Crippen LogP contribution in [0.1, 0.15) is 66.2 Å². The van der Waals surface area contributed by atoms with E-state index >= 15 is 0 Å². The fraction of sp³-hybridized carbons (Fsp3) is 0.933. The van der Waals surface area contributed by atoms with E-state index in [2.05, 4.69) is 33.0 Å². The van der Waals surface area contributed by atoms with Crippen molar-refractivity contribution in [1.82, 2.24) is 5.32 Å². The number of nitrogens with one attached hydrogen (secondary N) is 1. The van der Waals surface area contributed by atoms with Crippen molar-refractivity contribution in [2.24, 2.45) is 17.3 Å². The fourth-order valence-electron chi connectivity index (χ4n) is 3.01. The number of amides is 1. The minimum absolute atomic E-state index is 0.226. The van der Waals surface area contributed by atoms with Crippen LogP contribution < -0.4 is 5.32 Å². The molecule has 0 aliphatic heterocycles. The van der Waals surface area contributed by atoms with Gasteiger partial charge in [0.05, 0.1) is 0 Å². The van der Waals surface area contributed by atoms with Crippen molar-refractivity contribution in [2.75, 3.05) is 6.54 Å². The van der Waals surface area contributed by atoms with Crippen molar-refractivity contribution in [3.05, 3.63) is 0 Å². The molecule has 0 spiro atoms. The molecule has 1 aliphatic rings. The second kappa shape index (κ2) is 6.42. The Hall–Kier alpha value is -0.530. The zero-order valence-corrected chi connectivity index (χ0v) is 12.0. The van der Waals surface area contributed by atoms with Crippen LogP contribution >= 0.6 is 0 Å². The van der Waals surface area contributed by atoms with Gasteiger partial charge in [-0.15, -0.1) is 0 Å². The Morgan fingerprint density at radius 1 is 1.41 bits per heavy atom. The van der Waals surface area contributed by atoms with Crippen LogP contribution in [0.25, 0.3) is 0 Å². The number of rotatable bonds is 6. The van der Waals surface area contributed by atoms with Gasteiger partial charge >= 0.3 is 0 Å². The van der Waals surface area contributed by atoms with Crippen molar-refractivity contribution in [3.63, 3.8) is 0 Å². The van der Waals surface area contributed by atoms with E-state index < -0.39 is 0 Å². The normalized spacial score (nSPS) is 24.6. The van der Waals surface area contributed by atoms with Gasteiger partial charge in [-0.05, 0) is 37.0 Å². The summed E-state index contributed by atoms with van der Waals surface area (Å²) in [6, 6.07) is 0. The molecule has 0 heterocycles. The molecule has 1 aliphatic carbocycles. The minimum Gasteiger partial charge on any atom is -0.356 e. The van der Waals surface area contributed by atoms with Crippen molar-refractivity contribution in [1.29, 1.82) is 0 Å². The molecule has 0 saturated heterocycles. The van der Waals surface area contributed by atoms with E-state index in [4.69, 9.17) is 0 Å². The van der Waals surface area contributed by atoms with Crippen LogP contribution in [0.15, 0.2) is 0 Å². The van der Waals surface area contributed by atoms with E-state index in [0.29, 0.717) is 11.3 Å². The summed E-state index contributed by atoms with van der Waals surface area (Å²) in [6.45, 7) is 9.81. The summed E-state index contributed by atoms with van der Waals surface area (Å²) in [5.41, 5.74) is 0.416. The molecule has 0 radical (unpaired) electrons. The summed E-state index contributed by atoms with van der Waals surface area (Å²) in [4.78, 5) is 12.0. The third kappa shape index (κ3) is 4.01. The van der Waals surface area contributed by atoms with Gasteiger partial charge in [0.15, 0.2) is 0 Å². The molecule has 0 aromatic rings. The average molecular weight is 239 g/mol. The molecule has 1 rings (SSSR count). The van der Waals surface area contributed by atoms with Gasteiger partial charge in [0, 0.05) is 12.5 Å². The van der Waals surface area contributed by atoms with Crippen molar-refractivity contribution in [2.45, 2.75) is 66.2 Å². The van der Waals surface area contributed by atoms with Gasteiger partial charge in [-0.1, -0.05) is 40.5 Å². The average Bonchev–Trinajstić information content (AvgIpc) is 2.62. The standard InChI is InChI=1S/C15H29NO/c1-5-8-12(6-2)14(17)16-11-13-9-7-10-15(13,3)4/h12-13H,5-11H2,1-4H3,(H,16,17)/t12?,13-/m0/s1. The van der Waals surface area contributed by atoms with Gasteiger partial charge in [-0.3, -0.25) is 4.79 Å². The zero-order valence-electron chi connectivity index (χ0n) is 12.0. The Morgan fingerprint density at radius 2 is 2.12 bits per heavy atom. The lowest BCUT2D eigenvalue weighted by Gasteiger charge is -2.27. The molecule has 1 fully saturated rings. The maximum atomic E-state index is 12.0. The van der Waals surface area contributed by atoms with Crippen LogP contribution in [-0.4, -0.2) is 12.5 Å². The lowest BCUT2D eigenvalue weighted by molar-refractivity contribution is -0.125. The van der Waals surface area contributed by atoms with Crippen molar-refractivity contribution in [3.8, 4) is 0 Å². The van der Waals surface area contributed by atoms with E-state index in [9.17, 15) is 4.79 Å². The molecule has 100 valence electrons. The molecule has 1 unspecified atom stereocenters. The van der Waals surface area contributed by atoms with Gasteiger partial charge in [-0.25, -0.2) is 0 Å². The highest BCUT2D eigenvalue weighted by atomic mass is 16.1. The maximum absolute atomic E-state index is 12.0. The first kappa shape index (κ1) is 14.5. The minimum atomic E-state index is 0.226. The number of carbonyl (C=O) groups excluding carboxylic acids is 1. The fourth-order valence-corrected chi connectivity index (χ4v) is 3.01. The number of hydrogen-bond donors (Lipinski definition) is 1. The molecule has 1 amide bonds. The first-order valence-corrected chi connectivity index (χ1v) is 7.29. The molecule has 0 bridgehead atoms. The third-order valence-corrected chi connectivity index (χ3v) is 4.50. The van der Waals surface area contributed by atoms with Crippen LogP contribution in [0.3, 0.4) is 0 Å². The molecular formula is C15H29NO. The molecule has 2 atom stereocenters. The third-order valence-electron chi connectivity index (χ3n) is 4.50. The SMILES string of the molecule is CCCC(CC)C(=O)NC[C@@H]1CCCC1(C)C. The van der Waals surface area contributed by atoms with E-state index in [1.807, 2.05) is 0 Å². The first-order valence-electron chi connectivity index (χ1n) is 7.29. The highest BCUT2D eigenvalue weighted by Gasteiger charge is 2.34. The van der Waals surface area contributed by atoms with Crippen LogP contribution in [-0.2, 0) is 4.79 Å². The molecule has 2 heteroatoms. The van der Waals surface area contributed by atoms with E-state index in [1.54, 1.807) is 0 Å². The Bertz CT molecular complexity index is 247. The predicted octanol–water partition coefficient (Wildman–Crippen LogP) is 3.76. The molecule has 17 heavy (non-hydrogen) atoms. The Labute approximate surface area is 107 Å². The van der Waals surface area contributed by atoms with Gasteiger partial charge in [0.25, 0.3) is 0 Å². The van der Waals surface area contributed by atoms with Gasteiger partial charge in [0.2, 0.25) is 5.91 Å². The van der Waals surface area contributed by atoms with Gasteiger partial charge in [0.1, 0.15) is 0 Å². The number of carbonyl (C=O) groups is 1. The quantitative estimate of drug-likeness (QED) is 0.751. The topological polar surface area (TPSA) is 29.1 Å². The monoisotopic (exact) mass is 239 g/mol. The van der Waals surface area contributed by atoms with E-state index in [0.717, 1.165) is 25.8 Å². The highest BCUT2D eigenvalue weighted by Crippen LogP contribution is 2.42. The second-order valence-electron chi connectivity index (χ2n) is 6.22. The molecular weight excluding hydrogens is 210 g/mol. The maximum Gasteiger partial charge on any atom is 0.223 e. The largest absolute Gasteiger partial charge is 0.356 e. The zero-order chi connectivity index (χ0) is 12.9. The van der Waals surface area contributed by atoms with E-state index in [1.165, 1.54) is 19.3 Å². The summed E-state index contributed by atoms with van der Waals surface area (Å²) in [7, 11) is 0. The summed E-state index contributed by atoms with van der Waals surface area (Å²) >= 11 is 0. The molecule has 2 nitrogen and oxygen atoms in total. The van der Waals surface area contributed by atoms with Crippen LogP contribution in [0.2, 0.25) is 0 Å². The smallest absolute Gasteiger partial charge is 0.223 e. The number of hydrogen-bond acceptors (Lipinski definition) is 1. The van der Waals surface area contributed by atoms with Crippen LogP contribution in [0.4, 0.5) is 0 Å². The molecule has 0 aromatic carbocycles.